The van der Waals surface area contributed by atoms with E-state index in [4.69, 9.17) is 4.74 Å². The molecule has 1 aliphatic carbocycles. The van der Waals surface area contributed by atoms with Crippen LogP contribution in [0.1, 0.15) is 13.8 Å². The van der Waals surface area contributed by atoms with Crippen molar-refractivity contribution in [1.82, 2.24) is 0 Å². The zero-order valence-electron chi connectivity index (χ0n) is 15.1. The lowest BCUT2D eigenvalue weighted by atomic mass is 10.0. The van der Waals surface area contributed by atoms with Crippen LogP contribution in [0.25, 0.3) is 0 Å². The first kappa shape index (κ1) is 18.4. The van der Waals surface area contributed by atoms with Gasteiger partial charge in [0.1, 0.15) is 0 Å². The standard InChI is InChI=1S/C23H23O2P/c1-3-25-23(24)18(2)21-16-10-11-17-22(21)26(19-12-6-4-7-13-19)20-14-8-5-9-15-20/h4-17,22H,3H2,1-2H3. The number of carbonyl (C=O) groups is 1. The molecule has 0 saturated heterocycles. The van der Waals surface area contributed by atoms with Gasteiger partial charge in [-0.3, -0.25) is 0 Å². The zero-order valence-corrected chi connectivity index (χ0v) is 16.0. The summed E-state index contributed by atoms with van der Waals surface area (Å²) in [5.41, 5.74) is 1.88. The Morgan fingerprint density at radius 3 is 2.08 bits per heavy atom. The topological polar surface area (TPSA) is 26.3 Å². The van der Waals surface area contributed by atoms with Crippen LogP contribution < -0.4 is 10.6 Å². The van der Waals surface area contributed by atoms with Gasteiger partial charge < -0.3 is 4.74 Å². The summed E-state index contributed by atoms with van der Waals surface area (Å²) in [6, 6.07) is 21.1. The Kier molecular flexibility index (Phi) is 6.20. The Labute approximate surface area is 156 Å². The third kappa shape index (κ3) is 4.03. The van der Waals surface area contributed by atoms with Gasteiger partial charge in [-0.2, -0.15) is 0 Å². The van der Waals surface area contributed by atoms with Crippen molar-refractivity contribution in [1.29, 1.82) is 0 Å². The van der Waals surface area contributed by atoms with Gasteiger partial charge in [0.05, 0.1) is 6.61 Å². The van der Waals surface area contributed by atoms with E-state index in [2.05, 4.69) is 66.8 Å². The van der Waals surface area contributed by atoms with Crippen molar-refractivity contribution in [3.05, 3.63) is 96.1 Å². The molecule has 2 nitrogen and oxygen atoms in total. The molecule has 0 bridgehead atoms. The van der Waals surface area contributed by atoms with Crippen molar-refractivity contribution in [2.45, 2.75) is 19.5 Å². The Morgan fingerprint density at radius 2 is 1.54 bits per heavy atom. The minimum atomic E-state index is -0.679. The maximum atomic E-state index is 12.4. The molecule has 3 rings (SSSR count). The monoisotopic (exact) mass is 362 g/mol. The molecule has 0 heterocycles. The predicted octanol–water partition coefficient (Wildman–Crippen LogP) is 4.49. The van der Waals surface area contributed by atoms with Crippen LogP contribution in [0.4, 0.5) is 0 Å². The third-order valence-electron chi connectivity index (χ3n) is 4.36. The van der Waals surface area contributed by atoms with Crippen molar-refractivity contribution in [2.75, 3.05) is 6.61 Å². The average molecular weight is 362 g/mol. The van der Waals surface area contributed by atoms with Crippen molar-refractivity contribution in [3.8, 4) is 0 Å². The average Bonchev–Trinajstić information content (AvgIpc) is 2.70. The molecule has 2 aromatic rings. The van der Waals surface area contributed by atoms with Crippen LogP contribution in [-0.4, -0.2) is 18.2 Å². The molecule has 0 N–H and O–H groups in total. The van der Waals surface area contributed by atoms with Gasteiger partial charge in [-0.05, 0) is 38.0 Å². The minimum absolute atomic E-state index is 0.143. The van der Waals surface area contributed by atoms with Gasteiger partial charge in [-0.25, -0.2) is 4.79 Å². The summed E-state index contributed by atoms with van der Waals surface area (Å²) in [7, 11) is -0.679. The highest BCUT2D eigenvalue weighted by Crippen LogP contribution is 2.45. The van der Waals surface area contributed by atoms with Crippen molar-refractivity contribution in [3.63, 3.8) is 0 Å². The molecule has 0 aromatic heterocycles. The number of esters is 1. The third-order valence-corrected chi connectivity index (χ3v) is 7.08. The van der Waals surface area contributed by atoms with Crippen LogP contribution in [0.5, 0.6) is 0 Å². The summed E-state index contributed by atoms with van der Waals surface area (Å²) in [6.07, 6.45) is 8.34. The van der Waals surface area contributed by atoms with Gasteiger partial charge in [0.15, 0.2) is 0 Å². The predicted molar refractivity (Wildman–Crippen MR) is 110 cm³/mol. The highest BCUT2D eigenvalue weighted by Gasteiger charge is 2.28. The number of benzene rings is 2. The van der Waals surface area contributed by atoms with Gasteiger partial charge >= 0.3 is 5.97 Å². The molecule has 0 saturated carbocycles. The maximum Gasteiger partial charge on any atom is 0.334 e. The van der Waals surface area contributed by atoms with E-state index in [0.717, 1.165) is 5.57 Å². The summed E-state index contributed by atoms with van der Waals surface area (Å²) in [5, 5.41) is 2.60. The van der Waals surface area contributed by atoms with Gasteiger partial charge in [0.25, 0.3) is 0 Å². The summed E-state index contributed by atoms with van der Waals surface area (Å²) < 4.78 is 5.25. The molecule has 2 aromatic carbocycles. The molecule has 3 heteroatoms. The molecule has 0 aliphatic heterocycles. The molecule has 26 heavy (non-hydrogen) atoms. The molecule has 0 amide bonds. The maximum absolute atomic E-state index is 12.4. The van der Waals surface area contributed by atoms with Crippen LogP contribution >= 0.6 is 7.92 Å². The number of ether oxygens (including phenoxy) is 1. The quantitative estimate of drug-likeness (QED) is 0.445. The number of allylic oxidation sites excluding steroid dienone is 5. The largest absolute Gasteiger partial charge is 0.463 e. The summed E-state index contributed by atoms with van der Waals surface area (Å²) in [6.45, 7) is 4.10. The first-order chi connectivity index (χ1) is 12.7. The van der Waals surface area contributed by atoms with E-state index in [1.807, 2.05) is 32.1 Å². The lowest BCUT2D eigenvalue weighted by molar-refractivity contribution is -0.138. The summed E-state index contributed by atoms with van der Waals surface area (Å²) in [4.78, 5) is 12.4. The van der Waals surface area contributed by atoms with E-state index in [0.29, 0.717) is 12.2 Å². The van der Waals surface area contributed by atoms with Crippen molar-refractivity contribution < 1.29 is 9.53 Å². The first-order valence-corrected chi connectivity index (χ1v) is 10.3. The second-order valence-corrected chi connectivity index (χ2v) is 8.36. The van der Waals surface area contributed by atoms with Crippen LogP contribution in [0.2, 0.25) is 0 Å². The Morgan fingerprint density at radius 1 is 0.962 bits per heavy atom. The van der Waals surface area contributed by atoms with E-state index in [9.17, 15) is 4.79 Å². The van der Waals surface area contributed by atoms with Crippen LogP contribution in [-0.2, 0) is 9.53 Å². The molecule has 0 spiro atoms. The fourth-order valence-corrected chi connectivity index (χ4v) is 5.86. The van der Waals surface area contributed by atoms with Gasteiger partial charge in [-0.1, -0.05) is 85.0 Å². The fourth-order valence-electron chi connectivity index (χ4n) is 3.11. The minimum Gasteiger partial charge on any atom is -0.463 e. The van der Waals surface area contributed by atoms with Crippen molar-refractivity contribution >= 4 is 24.5 Å². The molecular formula is C23H23O2P. The summed E-state index contributed by atoms with van der Waals surface area (Å²) >= 11 is 0. The smallest absolute Gasteiger partial charge is 0.334 e. The number of carbonyl (C=O) groups excluding carboxylic acids is 1. The lowest BCUT2D eigenvalue weighted by Crippen LogP contribution is -2.24. The van der Waals surface area contributed by atoms with E-state index in [1.165, 1.54) is 10.6 Å². The zero-order chi connectivity index (χ0) is 18.4. The molecule has 132 valence electrons. The van der Waals surface area contributed by atoms with Crippen LogP contribution in [0.3, 0.4) is 0 Å². The molecule has 0 radical (unpaired) electrons. The molecular weight excluding hydrogens is 339 g/mol. The number of hydrogen-bond acceptors (Lipinski definition) is 2. The molecule has 1 aliphatic rings. The van der Waals surface area contributed by atoms with Crippen LogP contribution in [0.15, 0.2) is 96.1 Å². The lowest BCUT2D eigenvalue weighted by Gasteiger charge is -2.29. The van der Waals surface area contributed by atoms with E-state index in [1.54, 1.807) is 0 Å². The molecule has 1 atom stereocenters. The highest BCUT2D eigenvalue weighted by atomic mass is 31.1. The second-order valence-electron chi connectivity index (χ2n) is 6.03. The number of hydrogen-bond donors (Lipinski definition) is 0. The van der Waals surface area contributed by atoms with Crippen LogP contribution in [0, 0.1) is 0 Å². The molecule has 0 fully saturated rings. The van der Waals surface area contributed by atoms with E-state index >= 15 is 0 Å². The second kappa shape index (κ2) is 8.78. The normalized spacial score (nSPS) is 18.0. The van der Waals surface area contributed by atoms with E-state index < -0.39 is 7.92 Å². The molecule has 1 unspecified atom stereocenters. The highest BCUT2D eigenvalue weighted by molar-refractivity contribution is 7.74. The summed E-state index contributed by atoms with van der Waals surface area (Å²) in [5.74, 6) is -0.233. The van der Waals surface area contributed by atoms with E-state index in [-0.39, 0.29) is 11.6 Å². The SMILES string of the molecule is CCOC(=O)C(C)=C1C=CC=CC1P(c1ccccc1)c1ccccc1. The Balaban J connectivity index is 2.10. The Hall–Kier alpha value is -2.44. The van der Waals surface area contributed by atoms with Gasteiger partial charge in [0.2, 0.25) is 0 Å². The van der Waals surface area contributed by atoms with Gasteiger partial charge in [-0.15, -0.1) is 0 Å². The fraction of sp³-hybridized carbons (Fsp3) is 0.174. The number of rotatable bonds is 5. The first-order valence-electron chi connectivity index (χ1n) is 8.84. The van der Waals surface area contributed by atoms with Gasteiger partial charge in [0, 0.05) is 11.2 Å². The Bertz CT molecular complexity index is 796. The van der Waals surface area contributed by atoms with Crippen molar-refractivity contribution in [2.24, 2.45) is 0 Å².